The van der Waals surface area contributed by atoms with E-state index in [-0.39, 0.29) is 5.41 Å². The van der Waals surface area contributed by atoms with Crippen LogP contribution in [0.2, 0.25) is 0 Å². The average Bonchev–Trinajstić information content (AvgIpc) is 2.32. The van der Waals surface area contributed by atoms with Gasteiger partial charge in [-0.05, 0) is 19.8 Å². The van der Waals surface area contributed by atoms with Crippen LogP contribution in [-0.4, -0.2) is 15.5 Å². The van der Waals surface area contributed by atoms with Gasteiger partial charge < -0.3 is 5.11 Å². The van der Waals surface area contributed by atoms with Crippen LogP contribution in [-0.2, 0) is 0 Å². The van der Waals surface area contributed by atoms with Gasteiger partial charge in [0.2, 0.25) is 0 Å². The molecule has 12 heavy (non-hydrogen) atoms. The largest absolute Gasteiger partial charge is 0.392 e. The molecule has 0 saturated heterocycles. The van der Waals surface area contributed by atoms with Crippen LogP contribution in [0.4, 0.5) is 0 Å². The van der Waals surface area contributed by atoms with E-state index in [1.54, 1.807) is 0 Å². The number of alkyl halides is 2. The molecule has 0 radical (unpaired) electrons. The molecule has 1 fully saturated rings. The van der Waals surface area contributed by atoms with Gasteiger partial charge in [-0.1, -0.05) is 12.5 Å². The Labute approximate surface area is 83.4 Å². The minimum Gasteiger partial charge on any atom is -0.392 e. The Morgan fingerprint density at radius 2 is 2.08 bits per heavy atom. The summed E-state index contributed by atoms with van der Waals surface area (Å²) in [5, 5.41) is 9.72. The van der Waals surface area contributed by atoms with E-state index in [0.29, 0.717) is 12.8 Å². The van der Waals surface area contributed by atoms with Crippen molar-refractivity contribution in [2.24, 2.45) is 5.41 Å². The third-order valence-corrected chi connectivity index (χ3v) is 3.71. The van der Waals surface area contributed by atoms with E-state index >= 15 is 0 Å². The first-order chi connectivity index (χ1) is 5.29. The Morgan fingerprint density at radius 1 is 1.67 bits per heavy atom. The Balaban J connectivity index is 2.55. The number of hydrogen-bond acceptors (Lipinski definition) is 1. The molecule has 0 aromatic heterocycles. The van der Waals surface area contributed by atoms with Crippen molar-refractivity contribution in [2.45, 2.75) is 37.1 Å². The van der Waals surface area contributed by atoms with Gasteiger partial charge in [-0.3, -0.25) is 0 Å². The van der Waals surface area contributed by atoms with Crippen LogP contribution in [0.1, 0.15) is 26.7 Å². The molecule has 0 aliphatic heterocycles. The maximum absolute atomic E-state index is 9.72. The van der Waals surface area contributed by atoms with E-state index < -0.39 is 10.4 Å². The first-order valence-corrected chi connectivity index (χ1v) is 4.75. The van der Waals surface area contributed by atoms with Crippen LogP contribution >= 0.6 is 23.2 Å². The molecule has 0 aromatic rings. The third-order valence-electron chi connectivity index (χ3n) is 2.58. The fourth-order valence-electron chi connectivity index (χ4n) is 1.33. The SMILES string of the molecule is C=C(C)CC(O)C1(C)CC1(Cl)Cl. The number of aliphatic hydroxyl groups is 1. The zero-order valence-corrected chi connectivity index (χ0v) is 8.91. The highest BCUT2D eigenvalue weighted by atomic mass is 35.5. The van der Waals surface area contributed by atoms with Gasteiger partial charge in [0.15, 0.2) is 0 Å². The van der Waals surface area contributed by atoms with Gasteiger partial charge in [-0.15, -0.1) is 29.8 Å². The van der Waals surface area contributed by atoms with Crippen molar-refractivity contribution >= 4 is 23.2 Å². The lowest BCUT2D eigenvalue weighted by Gasteiger charge is -2.19. The Hall–Kier alpha value is 0.280. The number of aliphatic hydroxyl groups excluding tert-OH is 1. The minimum absolute atomic E-state index is 0.338. The summed E-state index contributed by atoms with van der Waals surface area (Å²) >= 11 is 11.8. The van der Waals surface area contributed by atoms with E-state index in [9.17, 15) is 5.11 Å². The van der Waals surface area contributed by atoms with Crippen LogP contribution < -0.4 is 0 Å². The summed E-state index contributed by atoms with van der Waals surface area (Å²) in [6.07, 6.45) is 0.778. The molecule has 3 heteroatoms. The quantitative estimate of drug-likeness (QED) is 0.559. The summed E-state index contributed by atoms with van der Waals surface area (Å²) < 4.78 is -0.734. The smallest absolute Gasteiger partial charge is 0.126 e. The van der Waals surface area contributed by atoms with E-state index in [1.165, 1.54) is 0 Å². The Morgan fingerprint density at radius 3 is 2.33 bits per heavy atom. The van der Waals surface area contributed by atoms with Crippen LogP contribution in [0, 0.1) is 5.41 Å². The van der Waals surface area contributed by atoms with Gasteiger partial charge in [0.1, 0.15) is 4.33 Å². The lowest BCUT2D eigenvalue weighted by molar-refractivity contribution is 0.102. The van der Waals surface area contributed by atoms with E-state index in [4.69, 9.17) is 23.2 Å². The molecule has 0 spiro atoms. The highest BCUT2D eigenvalue weighted by Crippen LogP contribution is 2.66. The number of rotatable bonds is 3. The van der Waals surface area contributed by atoms with Crippen molar-refractivity contribution in [3.05, 3.63) is 12.2 Å². The van der Waals surface area contributed by atoms with Gasteiger partial charge in [0.05, 0.1) is 6.10 Å². The van der Waals surface area contributed by atoms with Crippen LogP contribution in [0.25, 0.3) is 0 Å². The summed E-state index contributed by atoms with van der Waals surface area (Å²) in [7, 11) is 0. The van der Waals surface area contributed by atoms with Gasteiger partial charge in [0, 0.05) is 5.41 Å². The van der Waals surface area contributed by atoms with Crippen molar-refractivity contribution in [1.82, 2.24) is 0 Å². The molecule has 1 aliphatic rings. The summed E-state index contributed by atoms with van der Waals surface area (Å²) in [5.41, 5.74) is 0.620. The Bertz CT molecular complexity index is 213. The molecule has 0 amide bonds. The van der Waals surface area contributed by atoms with Crippen LogP contribution in [0.3, 0.4) is 0 Å². The molecule has 70 valence electrons. The second kappa shape index (κ2) is 2.90. The standard InChI is InChI=1S/C9H14Cl2O/c1-6(2)4-7(12)8(3)5-9(8,10)11/h7,12H,1,4-5H2,2-3H3. The molecule has 0 bridgehead atoms. The van der Waals surface area contributed by atoms with Crippen molar-refractivity contribution in [3.8, 4) is 0 Å². The zero-order chi connectivity index (χ0) is 9.57. The monoisotopic (exact) mass is 208 g/mol. The van der Waals surface area contributed by atoms with Crippen molar-refractivity contribution in [1.29, 1.82) is 0 Å². The van der Waals surface area contributed by atoms with Gasteiger partial charge in [0.25, 0.3) is 0 Å². The molecule has 1 aliphatic carbocycles. The first kappa shape index (κ1) is 10.4. The van der Waals surface area contributed by atoms with Crippen LogP contribution in [0.15, 0.2) is 12.2 Å². The van der Waals surface area contributed by atoms with Gasteiger partial charge in [-0.25, -0.2) is 0 Å². The molecular weight excluding hydrogens is 195 g/mol. The number of hydrogen-bond donors (Lipinski definition) is 1. The highest BCUT2D eigenvalue weighted by Gasteiger charge is 2.66. The fourth-order valence-corrected chi connectivity index (χ4v) is 2.14. The predicted molar refractivity (Wildman–Crippen MR) is 52.6 cm³/mol. The fraction of sp³-hybridized carbons (Fsp3) is 0.778. The minimum atomic E-state index is -0.734. The summed E-state index contributed by atoms with van der Waals surface area (Å²) in [6.45, 7) is 7.53. The molecule has 0 aromatic carbocycles. The van der Waals surface area contributed by atoms with E-state index in [1.807, 2.05) is 13.8 Å². The van der Waals surface area contributed by atoms with Crippen LogP contribution in [0.5, 0.6) is 0 Å². The molecule has 0 heterocycles. The molecule has 1 nitrogen and oxygen atoms in total. The predicted octanol–water partition coefficient (Wildman–Crippen LogP) is 2.90. The summed E-state index contributed by atoms with van der Waals surface area (Å²) in [6, 6.07) is 0. The first-order valence-electron chi connectivity index (χ1n) is 4.00. The van der Waals surface area contributed by atoms with E-state index in [2.05, 4.69) is 6.58 Å². The molecule has 1 rings (SSSR count). The molecule has 2 atom stereocenters. The van der Waals surface area contributed by atoms with Gasteiger partial charge in [-0.2, -0.15) is 0 Å². The topological polar surface area (TPSA) is 20.2 Å². The normalized spacial score (nSPS) is 34.4. The lowest BCUT2D eigenvalue weighted by Crippen LogP contribution is -2.24. The Kier molecular flexibility index (Phi) is 2.50. The second-order valence-electron chi connectivity index (χ2n) is 3.98. The summed E-state index contributed by atoms with van der Waals surface area (Å²) in [5.74, 6) is 0. The highest BCUT2D eigenvalue weighted by molar-refractivity contribution is 6.51. The van der Waals surface area contributed by atoms with E-state index in [0.717, 1.165) is 5.57 Å². The van der Waals surface area contributed by atoms with Gasteiger partial charge >= 0.3 is 0 Å². The zero-order valence-electron chi connectivity index (χ0n) is 7.40. The molecular formula is C9H14Cl2O. The average molecular weight is 209 g/mol. The maximum atomic E-state index is 9.72. The third kappa shape index (κ3) is 1.63. The van der Waals surface area contributed by atoms with Crippen molar-refractivity contribution in [2.75, 3.05) is 0 Å². The molecule has 2 unspecified atom stereocenters. The lowest BCUT2D eigenvalue weighted by atomic mass is 9.96. The molecule has 1 N–H and O–H groups in total. The summed E-state index contributed by atoms with van der Waals surface area (Å²) in [4.78, 5) is 0. The van der Waals surface area contributed by atoms with Crippen molar-refractivity contribution < 1.29 is 5.11 Å². The maximum Gasteiger partial charge on any atom is 0.126 e. The second-order valence-corrected chi connectivity index (χ2v) is 5.46. The number of halogens is 2. The van der Waals surface area contributed by atoms with Crippen molar-refractivity contribution in [3.63, 3.8) is 0 Å². The molecule has 1 saturated carbocycles.